The molecule has 172 valence electrons. The molecule has 2 heterocycles. The lowest BCUT2D eigenvalue weighted by Crippen LogP contribution is -2.48. The van der Waals surface area contributed by atoms with Crippen molar-refractivity contribution < 1.29 is 9.47 Å². The molecule has 5 heteroatoms. The lowest BCUT2D eigenvalue weighted by molar-refractivity contribution is -0.0721. The van der Waals surface area contributed by atoms with Crippen LogP contribution in [-0.4, -0.2) is 63.0 Å². The van der Waals surface area contributed by atoms with Crippen molar-refractivity contribution in [2.45, 2.75) is 50.2 Å². The van der Waals surface area contributed by atoms with Gasteiger partial charge in [0.1, 0.15) is 0 Å². The Kier molecular flexibility index (Phi) is 8.57. The van der Waals surface area contributed by atoms with Crippen LogP contribution in [0.1, 0.15) is 49.1 Å². The maximum atomic E-state index is 6.19. The lowest BCUT2D eigenvalue weighted by atomic mass is 9.91. The van der Waals surface area contributed by atoms with E-state index in [2.05, 4.69) is 75.9 Å². The number of guanidine groups is 1. The van der Waals surface area contributed by atoms with Crippen molar-refractivity contribution in [3.63, 3.8) is 0 Å². The summed E-state index contributed by atoms with van der Waals surface area (Å²) >= 11 is 0. The highest BCUT2D eigenvalue weighted by atomic mass is 16.5. The van der Waals surface area contributed by atoms with E-state index in [1.807, 2.05) is 7.05 Å². The fourth-order valence-electron chi connectivity index (χ4n) is 4.74. The largest absolute Gasteiger partial charge is 0.376 e. The zero-order valence-electron chi connectivity index (χ0n) is 19.3. The fraction of sp³-hybridized carbons (Fsp3) is 0.519. The van der Waals surface area contributed by atoms with Gasteiger partial charge in [0.05, 0.1) is 18.8 Å². The number of ether oxygens (including phenoxy) is 2. The van der Waals surface area contributed by atoms with E-state index in [9.17, 15) is 0 Å². The van der Waals surface area contributed by atoms with Gasteiger partial charge in [-0.3, -0.25) is 4.99 Å². The molecular formula is C27H37N3O2. The molecule has 2 aliphatic heterocycles. The Bertz CT molecular complexity index is 774. The van der Waals surface area contributed by atoms with Crippen LogP contribution in [-0.2, 0) is 9.47 Å². The van der Waals surface area contributed by atoms with Crippen LogP contribution in [0.3, 0.4) is 0 Å². The zero-order chi connectivity index (χ0) is 22.0. The average molecular weight is 436 g/mol. The molecule has 0 spiro atoms. The van der Waals surface area contributed by atoms with Crippen LogP contribution in [0.4, 0.5) is 0 Å². The molecule has 0 radical (unpaired) electrons. The normalized spacial score (nSPS) is 20.5. The number of hydrogen-bond acceptors (Lipinski definition) is 3. The minimum absolute atomic E-state index is 0.283. The summed E-state index contributed by atoms with van der Waals surface area (Å²) < 4.78 is 12.0. The summed E-state index contributed by atoms with van der Waals surface area (Å²) in [5.74, 6) is 1.27. The van der Waals surface area contributed by atoms with Crippen LogP contribution in [0.25, 0.3) is 0 Å². The van der Waals surface area contributed by atoms with Crippen LogP contribution in [0, 0.1) is 0 Å². The van der Waals surface area contributed by atoms with Crippen molar-refractivity contribution in [1.82, 2.24) is 10.2 Å². The van der Waals surface area contributed by atoms with E-state index >= 15 is 0 Å². The lowest BCUT2D eigenvalue weighted by Gasteiger charge is -2.35. The van der Waals surface area contributed by atoms with Crippen molar-refractivity contribution in [3.8, 4) is 0 Å². The van der Waals surface area contributed by atoms with E-state index in [0.29, 0.717) is 12.2 Å². The molecule has 5 nitrogen and oxygen atoms in total. The van der Waals surface area contributed by atoms with Crippen molar-refractivity contribution in [1.29, 1.82) is 0 Å². The molecule has 2 aromatic carbocycles. The molecule has 1 unspecified atom stereocenters. The molecule has 0 amide bonds. The summed E-state index contributed by atoms with van der Waals surface area (Å²) in [5.41, 5.74) is 2.64. The molecule has 1 N–H and O–H groups in total. The Morgan fingerprint density at radius 2 is 1.66 bits per heavy atom. The van der Waals surface area contributed by atoms with E-state index < -0.39 is 0 Å². The van der Waals surface area contributed by atoms with Gasteiger partial charge in [-0.15, -0.1) is 0 Å². The molecule has 2 saturated heterocycles. The second-order valence-electron chi connectivity index (χ2n) is 8.81. The molecule has 0 bridgehead atoms. The van der Waals surface area contributed by atoms with Gasteiger partial charge in [0.25, 0.3) is 0 Å². The van der Waals surface area contributed by atoms with Crippen LogP contribution in [0.5, 0.6) is 0 Å². The van der Waals surface area contributed by atoms with Crippen LogP contribution in [0.2, 0.25) is 0 Å². The predicted octanol–water partition coefficient (Wildman–Crippen LogP) is 4.44. The van der Waals surface area contributed by atoms with E-state index in [0.717, 1.165) is 58.1 Å². The molecule has 0 aromatic heterocycles. The summed E-state index contributed by atoms with van der Waals surface area (Å²) in [7, 11) is 1.88. The van der Waals surface area contributed by atoms with Gasteiger partial charge in [-0.05, 0) is 43.2 Å². The molecule has 2 aliphatic rings. The van der Waals surface area contributed by atoms with E-state index in [4.69, 9.17) is 9.47 Å². The highest BCUT2D eigenvalue weighted by molar-refractivity contribution is 5.80. The highest BCUT2D eigenvalue weighted by Gasteiger charge is 2.24. The molecule has 1 atom stereocenters. The highest BCUT2D eigenvalue weighted by Crippen LogP contribution is 2.24. The molecule has 0 saturated carbocycles. The topological polar surface area (TPSA) is 46.1 Å². The van der Waals surface area contributed by atoms with E-state index in [1.165, 1.54) is 24.0 Å². The Hall–Kier alpha value is -2.37. The second-order valence-corrected chi connectivity index (χ2v) is 8.81. The SMILES string of the molecule is CN=C(NCC(c1ccccc1)c1ccccc1)N1CCC(OCC2CCCCO2)CC1. The van der Waals surface area contributed by atoms with Crippen molar-refractivity contribution in [2.75, 3.05) is 39.9 Å². The Morgan fingerprint density at radius 3 is 2.22 bits per heavy atom. The van der Waals surface area contributed by atoms with Crippen molar-refractivity contribution in [3.05, 3.63) is 71.8 Å². The first kappa shape index (κ1) is 22.8. The number of nitrogens with one attached hydrogen (secondary N) is 1. The first-order chi connectivity index (χ1) is 15.8. The number of rotatable bonds is 7. The summed E-state index contributed by atoms with van der Waals surface area (Å²) in [4.78, 5) is 6.95. The van der Waals surface area contributed by atoms with Crippen LogP contribution >= 0.6 is 0 Å². The van der Waals surface area contributed by atoms with Crippen LogP contribution < -0.4 is 5.32 Å². The molecule has 0 aliphatic carbocycles. The molecule has 4 rings (SSSR count). The molecule has 2 fully saturated rings. The minimum Gasteiger partial charge on any atom is -0.376 e. The quantitative estimate of drug-likeness (QED) is 0.516. The number of nitrogens with zero attached hydrogens (tertiary/aromatic N) is 2. The van der Waals surface area contributed by atoms with Gasteiger partial charge in [-0.1, -0.05) is 60.7 Å². The average Bonchev–Trinajstić information content (AvgIpc) is 2.88. The summed E-state index contributed by atoms with van der Waals surface area (Å²) in [5, 5.41) is 3.65. The van der Waals surface area contributed by atoms with Gasteiger partial charge in [0.2, 0.25) is 0 Å². The van der Waals surface area contributed by atoms with Gasteiger partial charge in [-0.2, -0.15) is 0 Å². The standard InChI is InChI=1S/C27H37N3O2/c1-28-27(30-17-15-24(16-18-30)32-21-25-14-8-9-19-31-25)29-20-26(22-10-4-2-5-11-22)23-12-6-3-7-13-23/h2-7,10-13,24-26H,8-9,14-21H2,1H3,(H,28,29). The van der Waals surface area contributed by atoms with Gasteiger partial charge in [0.15, 0.2) is 5.96 Å². The first-order valence-corrected chi connectivity index (χ1v) is 12.1. The fourth-order valence-corrected chi connectivity index (χ4v) is 4.74. The molecular weight excluding hydrogens is 398 g/mol. The van der Waals surface area contributed by atoms with Gasteiger partial charge in [-0.25, -0.2) is 0 Å². The third-order valence-electron chi connectivity index (χ3n) is 6.61. The Labute approximate surface area is 192 Å². The minimum atomic E-state index is 0.283. The van der Waals surface area contributed by atoms with Crippen molar-refractivity contribution in [2.24, 2.45) is 4.99 Å². The van der Waals surface area contributed by atoms with E-state index in [1.54, 1.807) is 0 Å². The van der Waals surface area contributed by atoms with Crippen LogP contribution in [0.15, 0.2) is 65.7 Å². The third kappa shape index (κ3) is 6.33. The maximum Gasteiger partial charge on any atom is 0.193 e. The Morgan fingerprint density at radius 1 is 1.00 bits per heavy atom. The Balaban J connectivity index is 1.29. The molecule has 2 aromatic rings. The summed E-state index contributed by atoms with van der Waals surface area (Å²) in [6.45, 7) is 4.39. The monoisotopic (exact) mass is 435 g/mol. The second kappa shape index (κ2) is 12.0. The number of piperidine rings is 1. The van der Waals surface area contributed by atoms with E-state index in [-0.39, 0.29) is 5.92 Å². The third-order valence-corrected chi connectivity index (χ3v) is 6.61. The first-order valence-electron chi connectivity index (χ1n) is 12.1. The predicted molar refractivity (Wildman–Crippen MR) is 130 cm³/mol. The van der Waals surface area contributed by atoms with Crippen molar-refractivity contribution >= 4 is 5.96 Å². The molecule has 32 heavy (non-hydrogen) atoms. The number of aliphatic imine (C=N–C) groups is 1. The smallest absolute Gasteiger partial charge is 0.193 e. The number of hydrogen-bond donors (Lipinski definition) is 1. The zero-order valence-corrected chi connectivity index (χ0v) is 19.3. The van der Waals surface area contributed by atoms with Gasteiger partial charge in [0, 0.05) is 39.2 Å². The summed E-state index contributed by atoms with van der Waals surface area (Å²) in [6.07, 6.45) is 6.29. The van der Waals surface area contributed by atoms with Gasteiger partial charge >= 0.3 is 0 Å². The maximum absolute atomic E-state index is 6.19. The summed E-state index contributed by atoms with van der Waals surface area (Å²) in [6, 6.07) is 21.4. The van der Waals surface area contributed by atoms with Gasteiger partial charge < -0.3 is 19.7 Å². The number of benzene rings is 2. The number of likely N-dealkylation sites (tertiary alicyclic amines) is 1.